The summed E-state index contributed by atoms with van der Waals surface area (Å²) in [5.74, 6) is -0.431. The van der Waals surface area contributed by atoms with Crippen LogP contribution in [0.1, 0.15) is 18.4 Å². The minimum atomic E-state index is -3.01. The van der Waals surface area contributed by atoms with Crippen molar-refractivity contribution in [1.29, 1.82) is 0 Å². The molecular formula is C12H14Cl2F2N2O2. The molecule has 0 aliphatic heterocycles. The third kappa shape index (κ3) is 5.48. The molecule has 0 fully saturated rings. The lowest BCUT2D eigenvalue weighted by Gasteiger charge is -2.13. The molecule has 3 N–H and O–H groups in total. The van der Waals surface area contributed by atoms with Crippen molar-refractivity contribution in [3.05, 3.63) is 27.7 Å². The van der Waals surface area contributed by atoms with Crippen LogP contribution >= 0.6 is 23.2 Å². The van der Waals surface area contributed by atoms with E-state index in [1.54, 1.807) is 0 Å². The normalized spacial score (nSPS) is 10.7. The summed E-state index contributed by atoms with van der Waals surface area (Å²) in [5.41, 5.74) is 5.57. The Kier molecular flexibility index (Phi) is 6.98. The molecule has 0 spiro atoms. The van der Waals surface area contributed by atoms with Crippen LogP contribution in [0.3, 0.4) is 0 Å². The van der Waals surface area contributed by atoms with Gasteiger partial charge >= 0.3 is 6.61 Å². The number of hydrogen-bond acceptors (Lipinski definition) is 3. The molecule has 1 aromatic carbocycles. The highest BCUT2D eigenvalue weighted by molar-refractivity contribution is 6.35. The molecule has 8 heteroatoms. The summed E-state index contributed by atoms with van der Waals surface area (Å²) in [7, 11) is 0. The van der Waals surface area contributed by atoms with Gasteiger partial charge in [0, 0.05) is 23.6 Å². The maximum atomic E-state index is 12.3. The Morgan fingerprint density at radius 1 is 1.40 bits per heavy atom. The summed E-state index contributed by atoms with van der Waals surface area (Å²) in [6.07, 6.45) is 0.804. The number of nitrogens with one attached hydrogen (secondary N) is 1. The van der Waals surface area contributed by atoms with E-state index in [2.05, 4.69) is 10.1 Å². The minimum Gasteiger partial charge on any atom is -0.433 e. The van der Waals surface area contributed by atoms with E-state index in [0.717, 1.165) is 0 Å². The molecular weight excluding hydrogens is 313 g/mol. The van der Waals surface area contributed by atoms with E-state index in [-0.39, 0.29) is 40.2 Å². The van der Waals surface area contributed by atoms with Gasteiger partial charge in [-0.2, -0.15) is 8.78 Å². The van der Waals surface area contributed by atoms with Gasteiger partial charge in [-0.15, -0.1) is 0 Å². The predicted octanol–water partition coefficient (Wildman–Crippen LogP) is 2.95. The van der Waals surface area contributed by atoms with E-state index < -0.39 is 6.61 Å². The number of alkyl halides is 2. The first kappa shape index (κ1) is 16.9. The molecule has 1 aromatic rings. The summed E-state index contributed by atoms with van der Waals surface area (Å²) < 4.78 is 29.0. The standard InChI is InChI=1S/C12H14Cl2F2N2O2/c13-8-4-7(6-18-10(19)2-1-3-17)11(9(14)5-8)20-12(15)16/h4-5,12H,1-3,6,17H2,(H,18,19). The van der Waals surface area contributed by atoms with E-state index in [1.807, 2.05) is 0 Å². The fourth-order valence-electron chi connectivity index (χ4n) is 1.51. The van der Waals surface area contributed by atoms with Crippen molar-refractivity contribution in [2.45, 2.75) is 26.0 Å². The number of nitrogens with two attached hydrogens (primary N) is 1. The molecule has 4 nitrogen and oxygen atoms in total. The van der Waals surface area contributed by atoms with Gasteiger partial charge in [0.05, 0.1) is 5.02 Å². The third-order valence-electron chi connectivity index (χ3n) is 2.38. The van der Waals surface area contributed by atoms with Crippen LogP contribution in [0, 0.1) is 0 Å². The maximum absolute atomic E-state index is 12.3. The Bertz CT molecular complexity index is 473. The lowest BCUT2D eigenvalue weighted by Crippen LogP contribution is -2.23. The Balaban J connectivity index is 2.79. The van der Waals surface area contributed by atoms with E-state index in [9.17, 15) is 13.6 Å². The molecule has 0 saturated carbocycles. The van der Waals surface area contributed by atoms with E-state index >= 15 is 0 Å². The van der Waals surface area contributed by atoms with Crippen LogP contribution in [0.2, 0.25) is 10.0 Å². The van der Waals surface area contributed by atoms with Gasteiger partial charge in [-0.3, -0.25) is 4.79 Å². The number of benzene rings is 1. The number of hydrogen-bond donors (Lipinski definition) is 2. The molecule has 112 valence electrons. The molecule has 0 heterocycles. The smallest absolute Gasteiger partial charge is 0.387 e. The van der Waals surface area contributed by atoms with Crippen LogP contribution in [-0.2, 0) is 11.3 Å². The first-order valence-electron chi connectivity index (χ1n) is 5.83. The van der Waals surface area contributed by atoms with Crippen LogP contribution < -0.4 is 15.8 Å². The second-order valence-electron chi connectivity index (χ2n) is 3.92. The van der Waals surface area contributed by atoms with Crippen LogP contribution in [0.5, 0.6) is 5.75 Å². The van der Waals surface area contributed by atoms with Crippen LogP contribution in [-0.4, -0.2) is 19.1 Å². The first-order valence-corrected chi connectivity index (χ1v) is 6.59. The molecule has 0 radical (unpaired) electrons. The fourth-order valence-corrected chi connectivity index (χ4v) is 2.09. The van der Waals surface area contributed by atoms with Crippen molar-refractivity contribution in [1.82, 2.24) is 5.32 Å². The Morgan fingerprint density at radius 3 is 2.70 bits per heavy atom. The second-order valence-corrected chi connectivity index (χ2v) is 4.77. The Labute approximate surface area is 125 Å². The minimum absolute atomic E-state index is 0.00820. The number of amides is 1. The zero-order valence-corrected chi connectivity index (χ0v) is 12.0. The highest BCUT2D eigenvalue weighted by Gasteiger charge is 2.15. The molecule has 0 bridgehead atoms. The average molecular weight is 327 g/mol. The predicted molar refractivity (Wildman–Crippen MR) is 73.2 cm³/mol. The monoisotopic (exact) mass is 326 g/mol. The van der Waals surface area contributed by atoms with Crippen molar-refractivity contribution in [3.8, 4) is 5.75 Å². The number of carbonyl (C=O) groups excluding carboxylic acids is 1. The summed E-state index contributed by atoms with van der Waals surface area (Å²) >= 11 is 11.6. The van der Waals surface area contributed by atoms with Crippen molar-refractivity contribution in [2.24, 2.45) is 5.73 Å². The summed E-state index contributed by atoms with van der Waals surface area (Å²) in [4.78, 5) is 11.5. The zero-order chi connectivity index (χ0) is 15.1. The number of carbonyl (C=O) groups is 1. The summed E-state index contributed by atoms with van der Waals surface area (Å²) in [6, 6.07) is 2.70. The van der Waals surface area contributed by atoms with Crippen molar-refractivity contribution in [2.75, 3.05) is 6.54 Å². The van der Waals surface area contributed by atoms with Gasteiger partial charge in [-0.25, -0.2) is 0 Å². The zero-order valence-electron chi connectivity index (χ0n) is 10.5. The van der Waals surface area contributed by atoms with Crippen molar-refractivity contribution < 1.29 is 18.3 Å². The maximum Gasteiger partial charge on any atom is 0.387 e. The van der Waals surface area contributed by atoms with Gasteiger partial charge in [0.25, 0.3) is 0 Å². The SMILES string of the molecule is NCCCC(=O)NCc1cc(Cl)cc(Cl)c1OC(F)F. The number of halogens is 4. The molecule has 1 rings (SSSR count). The van der Waals surface area contributed by atoms with Gasteiger partial charge in [0.2, 0.25) is 5.91 Å². The van der Waals surface area contributed by atoms with Gasteiger partial charge < -0.3 is 15.8 Å². The lowest BCUT2D eigenvalue weighted by molar-refractivity contribution is -0.121. The van der Waals surface area contributed by atoms with Crippen LogP contribution in [0.15, 0.2) is 12.1 Å². The van der Waals surface area contributed by atoms with Gasteiger partial charge in [0.15, 0.2) is 0 Å². The largest absolute Gasteiger partial charge is 0.433 e. The number of ether oxygens (including phenoxy) is 1. The molecule has 0 aliphatic carbocycles. The van der Waals surface area contributed by atoms with Gasteiger partial charge in [0.1, 0.15) is 5.75 Å². The quantitative estimate of drug-likeness (QED) is 0.809. The van der Waals surface area contributed by atoms with Crippen LogP contribution in [0.4, 0.5) is 8.78 Å². The van der Waals surface area contributed by atoms with Gasteiger partial charge in [-0.05, 0) is 25.1 Å². The van der Waals surface area contributed by atoms with E-state index in [4.69, 9.17) is 28.9 Å². The average Bonchev–Trinajstić information content (AvgIpc) is 2.37. The molecule has 0 saturated heterocycles. The topological polar surface area (TPSA) is 64.4 Å². The highest BCUT2D eigenvalue weighted by atomic mass is 35.5. The van der Waals surface area contributed by atoms with Crippen molar-refractivity contribution in [3.63, 3.8) is 0 Å². The molecule has 0 atom stereocenters. The molecule has 20 heavy (non-hydrogen) atoms. The lowest BCUT2D eigenvalue weighted by atomic mass is 10.2. The first-order chi connectivity index (χ1) is 9.43. The van der Waals surface area contributed by atoms with Gasteiger partial charge in [-0.1, -0.05) is 23.2 Å². The number of rotatable bonds is 7. The third-order valence-corrected chi connectivity index (χ3v) is 2.88. The second kappa shape index (κ2) is 8.24. The Morgan fingerprint density at radius 2 is 2.10 bits per heavy atom. The van der Waals surface area contributed by atoms with Crippen molar-refractivity contribution >= 4 is 29.1 Å². The summed E-state index contributed by atoms with van der Waals surface area (Å²) in [6.45, 7) is -2.62. The van der Waals surface area contributed by atoms with Crippen LogP contribution in [0.25, 0.3) is 0 Å². The molecule has 0 unspecified atom stereocenters. The molecule has 1 amide bonds. The summed E-state index contributed by atoms with van der Waals surface area (Å²) in [5, 5.41) is 2.79. The molecule has 0 aliphatic rings. The highest BCUT2D eigenvalue weighted by Crippen LogP contribution is 2.33. The van der Waals surface area contributed by atoms with E-state index in [1.165, 1.54) is 12.1 Å². The molecule has 0 aromatic heterocycles. The Hall–Kier alpha value is -1.11. The van der Waals surface area contributed by atoms with E-state index in [0.29, 0.717) is 13.0 Å². The fraction of sp³-hybridized carbons (Fsp3) is 0.417.